The number of hydrogen-bond donors (Lipinski definition) is 2. The molecule has 1 saturated heterocycles. The van der Waals surface area contributed by atoms with Crippen LogP contribution in [0.3, 0.4) is 0 Å². The highest BCUT2D eigenvalue weighted by atomic mass is 16.7. The van der Waals surface area contributed by atoms with Gasteiger partial charge < -0.3 is 19.7 Å². The van der Waals surface area contributed by atoms with E-state index in [0.29, 0.717) is 12.0 Å². The first kappa shape index (κ1) is 25.5. The Hall–Kier alpha value is -0.560. The molecule has 0 aromatic carbocycles. The normalized spacial score (nSPS) is 25.3. The molecule has 0 aromatic rings. The molecule has 4 atom stereocenters. The summed E-state index contributed by atoms with van der Waals surface area (Å²) in [6.07, 6.45) is 12.5. The van der Waals surface area contributed by atoms with Crippen LogP contribution in [0.5, 0.6) is 0 Å². The minimum absolute atomic E-state index is 0.238. The fourth-order valence-corrected chi connectivity index (χ4v) is 3.76. The van der Waals surface area contributed by atoms with Gasteiger partial charge in [-0.25, -0.2) is 0 Å². The fourth-order valence-electron chi connectivity index (χ4n) is 3.76. The lowest BCUT2D eigenvalue weighted by Gasteiger charge is -2.22. The third kappa shape index (κ3) is 9.29. The lowest BCUT2D eigenvalue weighted by Crippen LogP contribution is -2.31. The zero-order valence-electron chi connectivity index (χ0n) is 18.3. The van der Waals surface area contributed by atoms with Crippen LogP contribution in [-0.4, -0.2) is 48.5 Å². The molecule has 1 heterocycles. The van der Waals surface area contributed by atoms with E-state index in [-0.39, 0.29) is 13.2 Å². The second-order valence-electron chi connectivity index (χ2n) is 8.99. The van der Waals surface area contributed by atoms with E-state index in [2.05, 4.69) is 25.9 Å². The molecule has 0 radical (unpaired) electrons. The summed E-state index contributed by atoms with van der Waals surface area (Å²) in [6.45, 7) is 7.04. The van der Waals surface area contributed by atoms with Gasteiger partial charge in [-0.3, -0.25) is 0 Å². The predicted molar refractivity (Wildman–Crippen MR) is 112 cm³/mol. The zero-order chi connectivity index (χ0) is 20.8. The van der Waals surface area contributed by atoms with Gasteiger partial charge in [-0.15, -0.1) is 0 Å². The fraction of sp³-hybridized carbons (Fsp3) is 1.00. The summed E-state index contributed by atoms with van der Waals surface area (Å²) in [5, 5.41) is 21.7. The first-order chi connectivity index (χ1) is 13.5. The van der Waals surface area contributed by atoms with E-state index in [9.17, 15) is 15.1 Å². The summed E-state index contributed by atoms with van der Waals surface area (Å²) in [4.78, 5) is 11.0. The minimum atomic E-state index is -0.746. The number of aliphatic hydroxyl groups is 2. The van der Waals surface area contributed by atoms with Crippen molar-refractivity contribution in [3.05, 3.63) is 4.91 Å². The maximum absolute atomic E-state index is 11.0. The van der Waals surface area contributed by atoms with Crippen molar-refractivity contribution in [3.63, 3.8) is 0 Å². The summed E-state index contributed by atoms with van der Waals surface area (Å²) >= 11 is 0. The second-order valence-corrected chi connectivity index (χ2v) is 8.99. The van der Waals surface area contributed by atoms with E-state index >= 15 is 0 Å². The van der Waals surface area contributed by atoms with Gasteiger partial charge in [0.15, 0.2) is 12.3 Å². The Labute approximate surface area is 171 Å². The first-order valence-corrected chi connectivity index (χ1v) is 11.3. The molecular formula is C22H43NO5. The van der Waals surface area contributed by atoms with Crippen molar-refractivity contribution < 1.29 is 19.7 Å². The predicted octanol–water partition coefficient (Wildman–Crippen LogP) is 4.80. The zero-order valence-corrected chi connectivity index (χ0v) is 18.3. The number of nitroso groups, excluding NO2 is 1. The molecule has 6 heteroatoms. The summed E-state index contributed by atoms with van der Waals surface area (Å²) in [5.41, 5.74) is 0.505. The van der Waals surface area contributed by atoms with Gasteiger partial charge in [0, 0.05) is 12.5 Å². The minimum Gasteiger partial charge on any atom is -0.396 e. The molecule has 6 nitrogen and oxygen atoms in total. The summed E-state index contributed by atoms with van der Waals surface area (Å²) in [7, 11) is 0. The van der Waals surface area contributed by atoms with E-state index < -0.39 is 24.4 Å². The van der Waals surface area contributed by atoms with Gasteiger partial charge in [0.05, 0.1) is 19.3 Å². The Balaban J connectivity index is 1.97. The third-order valence-corrected chi connectivity index (χ3v) is 6.25. The Kier molecular flexibility index (Phi) is 13.1. The average molecular weight is 402 g/mol. The maximum Gasteiger partial charge on any atom is 0.184 e. The molecule has 0 aromatic heterocycles. The van der Waals surface area contributed by atoms with Crippen LogP contribution in [-0.2, 0) is 9.47 Å². The number of ether oxygens (including phenoxy) is 2. The second kappa shape index (κ2) is 14.4. The molecular weight excluding hydrogens is 358 g/mol. The van der Waals surface area contributed by atoms with Gasteiger partial charge in [-0.2, -0.15) is 4.91 Å². The van der Waals surface area contributed by atoms with E-state index in [4.69, 9.17) is 9.47 Å². The van der Waals surface area contributed by atoms with Crippen LogP contribution in [0.4, 0.5) is 0 Å². The number of aliphatic hydroxyl groups excluding tert-OH is 2. The van der Waals surface area contributed by atoms with Crippen molar-refractivity contribution in [1.29, 1.82) is 0 Å². The van der Waals surface area contributed by atoms with Gasteiger partial charge in [-0.05, 0) is 18.3 Å². The molecule has 1 aliphatic rings. The highest BCUT2D eigenvalue weighted by Gasteiger charge is 2.45. The first-order valence-electron chi connectivity index (χ1n) is 11.3. The molecule has 2 N–H and O–H groups in total. The largest absolute Gasteiger partial charge is 0.396 e. The molecule has 0 amide bonds. The van der Waals surface area contributed by atoms with Crippen LogP contribution >= 0.6 is 0 Å². The van der Waals surface area contributed by atoms with Crippen molar-refractivity contribution >= 4 is 0 Å². The monoisotopic (exact) mass is 401 g/mol. The van der Waals surface area contributed by atoms with Crippen LogP contribution in [0, 0.1) is 16.2 Å². The number of rotatable bonds is 17. The van der Waals surface area contributed by atoms with Crippen molar-refractivity contribution in [2.24, 2.45) is 16.5 Å². The van der Waals surface area contributed by atoms with E-state index in [0.717, 1.165) is 12.8 Å². The van der Waals surface area contributed by atoms with Crippen molar-refractivity contribution in [2.75, 3.05) is 19.8 Å². The quantitative estimate of drug-likeness (QED) is 0.270. The van der Waals surface area contributed by atoms with Gasteiger partial charge in [0.2, 0.25) is 0 Å². The van der Waals surface area contributed by atoms with E-state index in [1.54, 1.807) is 0 Å². The molecule has 166 valence electrons. The number of nitrogens with zero attached hydrogens (tertiary/aromatic N) is 1. The van der Waals surface area contributed by atoms with Crippen LogP contribution < -0.4 is 0 Å². The Morgan fingerprint density at radius 1 is 0.929 bits per heavy atom. The van der Waals surface area contributed by atoms with Gasteiger partial charge in [-0.1, -0.05) is 83.7 Å². The van der Waals surface area contributed by atoms with Gasteiger partial charge >= 0.3 is 0 Å². The van der Waals surface area contributed by atoms with Crippen LogP contribution in [0.25, 0.3) is 0 Å². The number of hydrogen-bond acceptors (Lipinski definition) is 6. The molecule has 1 aliphatic heterocycles. The average Bonchev–Trinajstić information content (AvgIpc) is 3.05. The lowest BCUT2D eigenvalue weighted by atomic mass is 9.84. The highest BCUT2D eigenvalue weighted by Crippen LogP contribution is 2.30. The Morgan fingerprint density at radius 3 is 2.00 bits per heavy atom. The van der Waals surface area contributed by atoms with Crippen LogP contribution in [0.15, 0.2) is 5.18 Å². The SMILES string of the molecule is CCC(C)(C)CCCCCCCCCCCOC1OC(CO)C(CO)C1N=O. The van der Waals surface area contributed by atoms with Crippen molar-refractivity contribution in [1.82, 2.24) is 0 Å². The van der Waals surface area contributed by atoms with Crippen LogP contribution in [0.2, 0.25) is 0 Å². The van der Waals surface area contributed by atoms with Gasteiger partial charge in [0.25, 0.3) is 0 Å². The van der Waals surface area contributed by atoms with E-state index in [1.807, 2.05) is 0 Å². The highest BCUT2D eigenvalue weighted by molar-refractivity contribution is 4.91. The Bertz CT molecular complexity index is 404. The molecule has 0 aliphatic carbocycles. The maximum atomic E-state index is 11.0. The van der Waals surface area contributed by atoms with Crippen LogP contribution in [0.1, 0.15) is 91.4 Å². The topological polar surface area (TPSA) is 88.3 Å². The molecule has 28 heavy (non-hydrogen) atoms. The molecule has 0 bridgehead atoms. The third-order valence-electron chi connectivity index (χ3n) is 6.25. The molecule has 1 fully saturated rings. The summed E-state index contributed by atoms with van der Waals surface area (Å²) in [6, 6.07) is -0.745. The smallest absolute Gasteiger partial charge is 0.184 e. The standard InChI is InChI=1S/C22H43NO5/c1-4-22(2,3)14-12-10-8-6-5-7-9-11-13-15-27-21-20(23-26)18(16-24)19(17-25)28-21/h18-21,24-25H,4-17H2,1-3H3. The summed E-state index contributed by atoms with van der Waals surface area (Å²) < 4.78 is 11.2. The van der Waals surface area contributed by atoms with Gasteiger partial charge in [0.1, 0.15) is 0 Å². The van der Waals surface area contributed by atoms with E-state index in [1.165, 1.54) is 57.8 Å². The van der Waals surface area contributed by atoms with Crippen molar-refractivity contribution in [3.8, 4) is 0 Å². The molecule has 1 rings (SSSR count). The molecule has 0 spiro atoms. The molecule has 4 unspecified atom stereocenters. The molecule has 0 saturated carbocycles. The van der Waals surface area contributed by atoms with Crippen molar-refractivity contribution in [2.45, 2.75) is 110 Å². The summed E-state index contributed by atoms with van der Waals surface area (Å²) in [5.74, 6) is -0.486. The Morgan fingerprint density at radius 2 is 1.50 bits per heavy atom. The number of unbranched alkanes of at least 4 members (excludes halogenated alkanes) is 8. The lowest BCUT2D eigenvalue weighted by molar-refractivity contribution is -0.146.